The first-order chi connectivity index (χ1) is 22.7. The van der Waals surface area contributed by atoms with Gasteiger partial charge in [0.25, 0.3) is 0 Å². The summed E-state index contributed by atoms with van der Waals surface area (Å²) in [7, 11) is 1.68. The Kier molecular flexibility index (Phi) is 10.2. The number of hydrogen-bond donors (Lipinski definition) is 1. The van der Waals surface area contributed by atoms with Gasteiger partial charge in [0, 0.05) is 47.6 Å². The van der Waals surface area contributed by atoms with Gasteiger partial charge in [-0.1, -0.05) is 12.1 Å². The highest BCUT2D eigenvalue weighted by Gasteiger charge is 2.36. The molecule has 10 heteroatoms. The maximum atomic E-state index is 14.4. The minimum absolute atomic E-state index is 0.119. The van der Waals surface area contributed by atoms with Crippen LogP contribution in [0.1, 0.15) is 88.6 Å². The molecule has 2 amide bonds. The Hall–Kier alpha value is -3.92. The lowest BCUT2D eigenvalue weighted by atomic mass is 9.79. The van der Waals surface area contributed by atoms with Gasteiger partial charge in [-0.2, -0.15) is 5.10 Å². The first kappa shape index (κ1) is 33.0. The molecule has 3 heterocycles. The second-order valence-electron chi connectivity index (χ2n) is 14.0. The summed E-state index contributed by atoms with van der Waals surface area (Å²) in [6.45, 7) is 7.56. The number of benzene rings is 1. The van der Waals surface area contributed by atoms with Crippen LogP contribution in [0.2, 0.25) is 0 Å². The van der Waals surface area contributed by atoms with Crippen molar-refractivity contribution in [2.45, 2.75) is 96.3 Å². The van der Waals surface area contributed by atoms with Gasteiger partial charge >= 0.3 is 6.09 Å². The number of anilines is 1. The van der Waals surface area contributed by atoms with Gasteiger partial charge in [0.15, 0.2) is 0 Å². The summed E-state index contributed by atoms with van der Waals surface area (Å²) in [5, 5.41) is 14.1. The van der Waals surface area contributed by atoms with Crippen LogP contribution in [-0.4, -0.2) is 75.7 Å². The van der Waals surface area contributed by atoms with Gasteiger partial charge in [-0.05, 0) is 108 Å². The van der Waals surface area contributed by atoms with E-state index in [2.05, 4.69) is 49.4 Å². The summed E-state index contributed by atoms with van der Waals surface area (Å²) in [5.41, 5.74) is 5.05. The SMILES string of the molecule is COc1ccc([C@H]2CC[C@H](CN(c3cccc(-c4cnn(C(C)C)c4)c3)C(=O)[C@H]3CC[C@H](OC(=O)N4CC(O)C4)CC3)CC2)nc1C. The van der Waals surface area contributed by atoms with E-state index in [-0.39, 0.29) is 30.1 Å². The molecule has 1 saturated heterocycles. The molecule has 0 unspecified atom stereocenters. The highest BCUT2D eigenvalue weighted by molar-refractivity contribution is 5.95. The quantitative estimate of drug-likeness (QED) is 0.283. The Bertz CT molecular complexity index is 1530. The fraction of sp³-hybridized carbons (Fsp3) is 0.568. The number of carbonyl (C=O) groups is 2. The maximum Gasteiger partial charge on any atom is 0.410 e. The van der Waals surface area contributed by atoms with Crippen molar-refractivity contribution in [3.8, 4) is 16.9 Å². The van der Waals surface area contributed by atoms with E-state index in [9.17, 15) is 14.7 Å². The fourth-order valence-electron chi connectivity index (χ4n) is 7.32. The number of nitrogens with zero attached hydrogens (tertiary/aromatic N) is 5. The Morgan fingerprint density at radius 1 is 1.00 bits per heavy atom. The molecule has 3 aliphatic rings. The lowest BCUT2D eigenvalue weighted by Crippen LogP contribution is -2.54. The molecule has 0 radical (unpaired) electrons. The zero-order chi connectivity index (χ0) is 33.1. The average molecular weight is 644 g/mol. The van der Waals surface area contributed by atoms with Crippen molar-refractivity contribution in [1.82, 2.24) is 19.7 Å². The number of aryl methyl sites for hydroxylation is 1. The molecule has 0 bridgehead atoms. The van der Waals surface area contributed by atoms with E-state index in [0.29, 0.717) is 57.2 Å². The van der Waals surface area contributed by atoms with E-state index in [1.54, 1.807) is 7.11 Å². The number of likely N-dealkylation sites (tertiary alicyclic amines) is 1. The third kappa shape index (κ3) is 7.64. The van der Waals surface area contributed by atoms with Crippen LogP contribution < -0.4 is 9.64 Å². The topological polar surface area (TPSA) is 110 Å². The first-order valence-corrected chi connectivity index (χ1v) is 17.3. The molecule has 1 N–H and O–H groups in total. The third-order valence-corrected chi connectivity index (χ3v) is 10.3. The molecule has 1 aliphatic heterocycles. The highest BCUT2D eigenvalue weighted by Crippen LogP contribution is 2.38. The lowest BCUT2D eigenvalue weighted by Gasteiger charge is -2.38. The van der Waals surface area contributed by atoms with Gasteiger partial charge in [-0.25, -0.2) is 4.79 Å². The highest BCUT2D eigenvalue weighted by atomic mass is 16.6. The molecule has 2 aromatic heterocycles. The summed E-state index contributed by atoms with van der Waals surface area (Å²) in [5.74, 6) is 1.67. The van der Waals surface area contributed by atoms with Gasteiger partial charge in [0.05, 0.1) is 38.2 Å². The summed E-state index contributed by atoms with van der Waals surface area (Å²) >= 11 is 0. The maximum absolute atomic E-state index is 14.4. The van der Waals surface area contributed by atoms with Gasteiger partial charge in [-0.3, -0.25) is 14.5 Å². The van der Waals surface area contributed by atoms with Crippen LogP contribution in [0.3, 0.4) is 0 Å². The molecule has 0 atom stereocenters. The second-order valence-corrected chi connectivity index (χ2v) is 14.0. The monoisotopic (exact) mass is 643 g/mol. The van der Waals surface area contributed by atoms with Crippen molar-refractivity contribution in [1.29, 1.82) is 0 Å². The molecular formula is C37H49N5O5. The minimum Gasteiger partial charge on any atom is -0.495 e. The van der Waals surface area contributed by atoms with E-state index in [0.717, 1.165) is 59.6 Å². The number of amides is 2. The van der Waals surface area contributed by atoms with E-state index in [4.69, 9.17) is 14.5 Å². The van der Waals surface area contributed by atoms with Crippen molar-refractivity contribution in [2.24, 2.45) is 11.8 Å². The van der Waals surface area contributed by atoms with Crippen molar-refractivity contribution in [3.63, 3.8) is 0 Å². The average Bonchev–Trinajstić information content (AvgIpc) is 3.57. The van der Waals surface area contributed by atoms with Gasteiger partial charge in [0.2, 0.25) is 5.91 Å². The number of carbonyl (C=O) groups excluding carboxylic acids is 2. The molecule has 3 aromatic rings. The molecular weight excluding hydrogens is 594 g/mol. The van der Waals surface area contributed by atoms with Crippen LogP contribution in [0.4, 0.5) is 10.5 Å². The number of hydrogen-bond acceptors (Lipinski definition) is 7. The Morgan fingerprint density at radius 2 is 1.74 bits per heavy atom. The van der Waals surface area contributed by atoms with Crippen molar-refractivity contribution in [3.05, 3.63) is 60.2 Å². The normalized spacial score (nSPS) is 23.3. The largest absolute Gasteiger partial charge is 0.495 e. The van der Waals surface area contributed by atoms with Crippen LogP contribution in [0.25, 0.3) is 11.1 Å². The van der Waals surface area contributed by atoms with Gasteiger partial charge in [0.1, 0.15) is 11.9 Å². The lowest BCUT2D eigenvalue weighted by molar-refractivity contribution is -0.124. The number of methoxy groups -OCH3 is 1. The second kappa shape index (κ2) is 14.5. The van der Waals surface area contributed by atoms with Crippen LogP contribution in [-0.2, 0) is 9.53 Å². The minimum atomic E-state index is -0.454. The first-order valence-electron chi connectivity index (χ1n) is 17.3. The number of ether oxygens (including phenoxy) is 2. The molecule has 1 aromatic carbocycles. The molecule has 252 valence electrons. The third-order valence-electron chi connectivity index (χ3n) is 10.3. The summed E-state index contributed by atoms with van der Waals surface area (Å²) in [6.07, 6.45) is 9.83. The van der Waals surface area contributed by atoms with E-state index >= 15 is 0 Å². The molecule has 10 nitrogen and oxygen atoms in total. The Morgan fingerprint density at radius 3 is 2.38 bits per heavy atom. The number of aliphatic hydroxyl groups is 1. The Labute approximate surface area is 278 Å². The molecule has 2 aliphatic carbocycles. The molecule has 0 spiro atoms. The number of aromatic nitrogens is 3. The van der Waals surface area contributed by atoms with Crippen molar-refractivity contribution >= 4 is 17.7 Å². The van der Waals surface area contributed by atoms with Crippen LogP contribution in [0.15, 0.2) is 48.8 Å². The molecule has 47 heavy (non-hydrogen) atoms. The molecule has 3 fully saturated rings. The van der Waals surface area contributed by atoms with Gasteiger partial charge < -0.3 is 24.4 Å². The zero-order valence-electron chi connectivity index (χ0n) is 28.2. The molecule has 2 saturated carbocycles. The number of pyridine rings is 1. The molecule has 6 rings (SSSR count). The number of rotatable bonds is 9. The zero-order valence-corrected chi connectivity index (χ0v) is 28.2. The summed E-state index contributed by atoms with van der Waals surface area (Å²) in [4.78, 5) is 35.2. The number of aliphatic hydroxyl groups excluding tert-OH is 1. The predicted molar refractivity (Wildman–Crippen MR) is 180 cm³/mol. The van der Waals surface area contributed by atoms with Crippen LogP contribution in [0.5, 0.6) is 5.75 Å². The van der Waals surface area contributed by atoms with E-state index in [1.165, 1.54) is 4.90 Å². The fourth-order valence-corrected chi connectivity index (χ4v) is 7.32. The van der Waals surface area contributed by atoms with Crippen molar-refractivity contribution < 1.29 is 24.2 Å². The van der Waals surface area contributed by atoms with Crippen LogP contribution >= 0.6 is 0 Å². The van der Waals surface area contributed by atoms with E-state index < -0.39 is 6.10 Å². The van der Waals surface area contributed by atoms with Gasteiger partial charge in [-0.15, -0.1) is 0 Å². The Balaban J connectivity index is 1.15. The smallest absolute Gasteiger partial charge is 0.410 e. The number of β-amino-alcohol motifs (C(OH)–C–C–N with tert-alkyl or cyclic N) is 1. The van der Waals surface area contributed by atoms with E-state index in [1.807, 2.05) is 34.8 Å². The van der Waals surface area contributed by atoms with Crippen molar-refractivity contribution in [2.75, 3.05) is 31.6 Å². The predicted octanol–water partition coefficient (Wildman–Crippen LogP) is 6.52. The summed E-state index contributed by atoms with van der Waals surface area (Å²) in [6, 6.07) is 12.7. The standard InChI is InChI=1S/C37H49N5O5/c1-24(2)42-21-30(19-38-42)29-6-5-7-31(18-29)41(20-26-8-10-27(11-9-26)34-16-17-35(46-4)25(3)39-34)36(44)28-12-14-33(15-13-28)47-37(45)40-22-32(43)23-40/h5-7,16-19,21,24,26-28,32-33,43H,8-15,20,22-23H2,1-4H3/t26-,27-,28-,33-. The summed E-state index contributed by atoms with van der Waals surface area (Å²) < 4.78 is 13.1. The van der Waals surface area contributed by atoms with Crippen LogP contribution in [0, 0.1) is 18.8 Å².